The summed E-state index contributed by atoms with van der Waals surface area (Å²) in [7, 11) is 1.45. The second-order valence-electron chi connectivity index (χ2n) is 5.90. The van der Waals surface area contributed by atoms with Crippen LogP contribution in [-0.4, -0.2) is 31.6 Å². The van der Waals surface area contributed by atoms with E-state index in [4.69, 9.17) is 21.1 Å². The van der Waals surface area contributed by atoms with E-state index in [1.54, 1.807) is 6.92 Å². The molecule has 0 bridgehead atoms. The molecule has 0 atom stereocenters. The molecule has 7 nitrogen and oxygen atoms in total. The Bertz CT molecular complexity index is 1040. The van der Waals surface area contributed by atoms with Crippen LogP contribution in [0.4, 0.5) is 14.9 Å². The molecule has 0 saturated carbocycles. The Morgan fingerprint density at radius 3 is 2.59 bits per heavy atom. The third kappa shape index (κ3) is 4.07. The van der Waals surface area contributed by atoms with Crippen LogP contribution in [0, 0.1) is 5.82 Å². The van der Waals surface area contributed by atoms with Crippen LogP contribution >= 0.6 is 11.6 Å². The Morgan fingerprint density at radius 1 is 1.17 bits per heavy atom. The number of benzene rings is 2. The van der Waals surface area contributed by atoms with Gasteiger partial charge in [-0.05, 0) is 42.8 Å². The van der Waals surface area contributed by atoms with Gasteiger partial charge in [0.1, 0.15) is 11.4 Å². The number of methoxy groups -OCH3 is 1. The van der Waals surface area contributed by atoms with Crippen LogP contribution in [0.5, 0.6) is 11.5 Å². The summed E-state index contributed by atoms with van der Waals surface area (Å²) in [6.45, 7) is 2.14. The third-order valence-electron chi connectivity index (χ3n) is 4.05. The number of urea groups is 1. The summed E-state index contributed by atoms with van der Waals surface area (Å²) >= 11 is 6.24. The number of carbonyl (C=O) groups excluding carboxylic acids is 3. The average Bonchev–Trinajstić information content (AvgIpc) is 2.67. The first-order chi connectivity index (χ1) is 13.8. The van der Waals surface area contributed by atoms with Gasteiger partial charge in [0.15, 0.2) is 11.5 Å². The lowest BCUT2D eigenvalue weighted by Crippen LogP contribution is -2.54. The number of nitrogens with zero attached hydrogens (tertiary/aromatic N) is 1. The normalized spacial score (nSPS) is 15.5. The van der Waals surface area contributed by atoms with Crippen LogP contribution in [0.25, 0.3) is 6.08 Å². The first-order valence-electron chi connectivity index (χ1n) is 8.53. The lowest BCUT2D eigenvalue weighted by Gasteiger charge is -2.26. The van der Waals surface area contributed by atoms with Crippen molar-refractivity contribution in [2.75, 3.05) is 18.6 Å². The minimum absolute atomic E-state index is 0.0123. The molecular formula is C20H16ClFN2O5. The second-order valence-corrected chi connectivity index (χ2v) is 6.30. The van der Waals surface area contributed by atoms with Gasteiger partial charge >= 0.3 is 6.03 Å². The van der Waals surface area contributed by atoms with Crippen molar-refractivity contribution in [2.45, 2.75) is 6.92 Å². The van der Waals surface area contributed by atoms with E-state index >= 15 is 0 Å². The molecule has 0 aliphatic carbocycles. The van der Waals surface area contributed by atoms with E-state index in [1.807, 2.05) is 0 Å². The van der Waals surface area contributed by atoms with Crippen molar-refractivity contribution in [2.24, 2.45) is 0 Å². The first-order valence-corrected chi connectivity index (χ1v) is 8.90. The molecule has 2 aromatic carbocycles. The fraction of sp³-hybridized carbons (Fsp3) is 0.150. The molecule has 0 radical (unpaired) electrons. The maximum atomic E-state index is 13.5. The highest BCUT2D eigenvalue weighted by Crippen LogP contribution is 2.35. The number of carbonyl (C=O) groups is 3. The zero-order chi connectivity index (χ0) is 21.1. The number of nitrogens with one attached hydrogen (secondary N) is 1. The number of rotatable bonds is 5. The van der Waals surface area contributed by atoms with Crippen molar-refractivity contribution in [1.29, 1.82) is 0 Å². The SMILES string of the molecule is CCOc1cc(/C=C2\C(=O)NC(=O)N(c3cccc(F)c3)C2=O)c(Cl)cc1OC. The standard InChI is InChI=1S/C20H16ClFN2O5/c1-3-29-17-8-11(15(21)10-16(17)28-2)7-14-18(25)23-20(27)24(19(14)26)13-6-4-5-12(22)9-13/h4-10H,3H2,1-2H3,(H,23,25,27)/b14-7+. The molecule has 9 heteroatoms. The molecule has 3 rings (SSSR count). The predicted molar refractivity (Wildman–Crippen MR) is 105 cm³/mol. The van der Waals surface area contributed by atoms with Crippen LogP contribution in [0.3, 0.4) is 0 Å². The molecule has 1 aliphatic heterocycles. The molecule has 1 fully saturated rings. The van der Waals surface area contributed by atoms with E-state index in [-0.39, 0.29) is 16.3 Å². The van der Waals surface area contributed by atoms with Crippen LogP contribution in [0.15, 0.2) is 42.0 Å². The lowest BCUT2D eigenvalue weighted by atomic mass is 10.1. The number of halogens is 2. The molecule has 0 unspecified atom stereocenters. The zero-order valence-electron chi connectivity index (χ0n) is 15.5. The van der Waals surface area contributed by atoms with E-state index in [1.165, 1.54) is 43.5 Å². The van der Waals surface area contributed by atoms with Crippen molar-refractivity contribution in [3.63, 3.8) is 0 Å². The summed E-state index contributed by atoms with van der Waals surface area (Å²) in [4.78, 5) is 38.0. The molecule has 2 aromatic rings. The molecule has 1 saturated heterocycles. The third-order valence-corrected chi connectivity index (χ3v) is 4.38. The topological polar surface area (TPSA) is 84.9 Å². The van der Waals surface area contributed by atoms with E-state index in [0.29, 0.717) is 28.6 Å². The molecule has 150 valence electrons. The minimum Gasteiger partial charge on any atom is -0.493 e. The molecule has 4 amide bonds. The van der Waals surface area contributed by atoms with Crippen LogP contribution in [0.2, 0.25) is 5.02 Å². The van der Waals surface area contributed by atoms with Crippen LogP contribution in [-0.2, 0) is 9.59 Å². The number of barbiturate groups is 1. The molecule has 1 aliphatic rings. The van der Waals surface area contributed by atoms with Crippen molar-refractivity contribution < 1.29 is 28.2 Å². The van der Waals surface area contributed by atoms with Gasteiger partial charge in [-0.15, -0.1) is 0 Å². The first kappa shape index (κ1) is 20.3. The second kappa shape index (κ2) is 8.32. The molecule has 29 heavy (non-hydrogen) atoms. The summed E-state index contributed by atoms with van der Waals surface area (Å²) in [5.41, 5.74) is -0.0481. The van der Waals surface area contributed by atoms with Gasteiger partial charge in [0.05, 0.1) is 24.4 Å². The van der Waals surface area contributed by atoms with E-state index in [0.717, 1.165) is 6.07 Å². The maximum absolute atomic E-state index is 13.5. The Hall–Kier alpha value is -3.39. The number of hydrogen-bond donors (Lipinski definition) is 1. The lowest BCUT2D eigenvalue weighted by molar-refractivity contribution is -0.122. The molecule has 0 spiro atoms. The predicted octanol–water partition coefficient (Wildman–Crippen LogP) is 3.55. The Labute approximate surface area is 170 Å². The number of ether oxygens (including phenoxy) is 2. The quantitative estimate of drug-likeness (QED) is 0.593. The highest BCUT2D eigenvalue weighted by atomic mass is 35.5. The van der Waals surface area contributed by atoms with Gasteiger partial charge in [-0.3, -0.25) is 14.9 Å². The van der Waals surface area contributed by atoms with E-state index in [9.17, 15) is 18.8 Å². The number of hydrogen-bond acceptors (Lipinski definition) is 5. The number of anilines is 1. The minimum atomic E-state index is -0.974. The smallest absolute Gasteiger partial charge is 0.335 e. The fourth-order valence-electron chi connectivity index (χ4n) is 2.75. The largest absolute Gasteiger partial charge is 0.493 e. The van der Waals surface area contributed by atoms with Gasteiger partial charge in [0.25, 0.3) is 11.8 Å². The average molecular weight is 419 g/mol. The summed E-state index contributed by atoms with van der Waals surface area (Å²) in [6.07, 6.45) is 1.24. The van der Waals surface area contributed by atoms with Crippen molar-refractivity contribution in [1.82, 2.24) is 5.32 Å². The van der Waals surface area contributed by atoms with E-state index in [2.05, 4.69) is 5.32 Å². The zero-order valence-corrected chi connectivity index (χ0v) is 16.2. The Kier molecular flexibility index (Phi) is 5.84. The maximum Gasteiger partial charge on any atom is 0.335 e. The summed E-state index contributed by atoms with van der Waals surface area (Å²) in [5.74, 6) is -1.68. The Morgan fingerprint density at radius 2 is 1.93 bits per heavy atom. The highest BCUT2D eigenvalue weighted by Gasteiger charge is 2.37. The fourth-order valence-corrected chi connectivity index (χ4v) is 2.96. The van der Waals surface area contributed by atoms with Gasteiger partial charge < -0.3 is 9.47 Å². The molecule has 1 heterocycles. The van der Waals surface area contributed by atoms with Gasteiger partial charge in [-0.2, -0.15) is 0 Å². The summed E-state index contributed by atoms with van der Waals surface area (Å²) in [6, 6.07) is 6.93. The van der Waals surface area contributed by atoms with Gasteiger partial charge in [0.2, 0.25) is 0 Å². The highest BCUT2D eigenvalue weighted by molar-refractivity contribution is 6.40. The van der Waals surface area contributed by atoms with Crippen molar-refractivity contribution >= 4 is 41.2 Å². The Balaban J connectivity index is 2.06. The molecular weight excluding hydrogens is 403 g/mol. The van der Waals surface area contributed by atoms with Gasteiger partial charge in [-0.25, -0.2) is 14.1 Å². The summed E-state index contributed by atoms with van der Waals surface area (Å²) < 4.78 is 24.2. The van der Waals surface area contributed by atoms with Gasteiger partial charge in [0, 0.05) is 6.07 Å². The number of amides is 4. The van der Waals surface area contributed by atoms with Crippen LogP contribution in [0.1, 0.15) is 12.5 Å². The monoisotopic (exact) mass is 418 g/mol. The number of imide groups is 2. The van der Waals surface area contributed by atoms with Crippen molar-refractivity contribution in [3.8, 4) is 11.5 Å². The van der Waals surface area contributed by atoms with E-state index < -0.39 is 23.7 Å². The molecule has 0 aromatic heterocycles. The van der Waals surface area contributed by atoms with Crippen LogP contribution < -0.4 is 19.7 Å². The summed E-state index contributed by atoms with van der Waals surface area (Å²) in [5, 5.41) is 2.27. The molecule has 1 N–H and O–H groups in total. The van der Waals surface area contributed by atoms with Gasteiger partial charge in [-0.1, -0.05) is 17.7 Å². The van der Waals surface area contributed by atoms with Crippen molar-refractivity contribution in [3.05, 3.63) is 58.4 Å².